The quantitative estimate of drug-likeness (QED) is 0.494. The summed E-state index contributed by atoms with van der Waals surface area (Å²) in [4.78, 5) is 33.9. The molecule has 1 heterocycles. The smallest absolute Gasteiger partial charge is 0.366 e. The van der Waals surface area contributed by atoms with Crippen LogP contribution >= 0.6 is 0 Å². The number of alkyl halides is 3. The van der Waals surface area contributed by atoms with E-state index < -0.39 is 35.1 Å². The third-order valence-corrected chi connectivity index (χ3v) is 6.65. The number of nitrogens with two attached hydrogens (primary N) is 1. The van der Waals surface area contributed by atoms with Crippen LogP contribution in [0.5, 0.6) is 0 Å². The number of likely N-dealkylation sites (N-methyl/N-ethyl adjacent to an activating group) is 1. The molecule has 1 aromatic heterocycles. The molecule has 0 bridgehead atoms. The highest BCUT2D eigenvalue weighted by Crippen LogP contribution is 2.66. The molecule has 35 heavy (non-hydrogen) atoms. The summed E-state index contributed by atoms with van der Waals surface area (Å²) >= 11 is 0. The van der Waals surface area contributed by atoms with E-state index in [1.54, 1.807) is 27.1 Å². The highest BCUT2D eigenvalue weighted by molar-refractivity contribution is 5.93. The number of benzene rings is 1. The monoisotopic (exact) mass is 495 g/mol. The second-order valence-corrected chi connectivity index (χ2v) is 9.28. The lowest BCUT2D eigenvalue weighted by Crippen LogP contribution is -2.42. The number of halogens is 4. The first kappa shape index (κ1) is 26.5. The summed E-state index contributed by atoms with van der Waals surface area (Å²) < 4.78 is 55.8. The molecule has 1 fully saturated rings. The van der Waals surface area contributed by atoms with Gasteiger partial charge in [0.2, 0.25) is 5.91 Å². The maximum absolute atomic E-state index is 14.1. The lowest BCUT2D eigenvalue weighted by molar-refractivity contribution is -0.194. The van der Waals surface area contributed by atoms with Crippen LogP contribution in [0.1, 0.15) is 52.5 Å². The van der Waals surface area contributed by atoms with Gasteiger partial charge in [0.1, 0.15) is 11.6 Å². The lowest BCUT2D eigenvalue weighted by Gasteiger charge is -2.29. The fourth-order valence-corrected chi connectivity index (χ4v) is 4.26. The zero-order chi connectivity index (χ0) is 26.0. The number of hydrogen-bond donors (Lipinski definition) is 2. The van der Waals surface area contributed by atoms with Crippen LogP contribution in [0.25, 0.3) is 0 Å². The van der Waals surface area contributed by atoms with Crippen molar-refractivity contribution in [1.82, 2.24) is 20.2 Å². The number of nitrogens with one attached hydrogen (secondary N) is 1. The van der Waals surface area contributed by atoms with Crippen molar-refractivity contribution in [1.29, 1.82) is 0 Å². The topological polar surface area (TPSA) is 101 Å². The van der Waals surface area contributed by atoms with Crippen LogP contribution in [0, 0.1) is 18.2 Å². The summed E-state index contributed by atoms with van der Waals surface area (Å²) in [6, 6.07) is 3.83. The van der Waals surface area contributed by atoms with Crippen molar-refractivity contribution >= 4 is 11.8 Å². The summed E-state index contributed by atoms with van der Waals surface area (Å²) in [6.07, 6.45) is -1.84. The fourth-order valence-electron chi connectivity index (χ4n) is 4.26. The Labute approximate surface area is 201 Å². The summed E-state index contributed by atoms with van der Waals surface area (Å²) in [5.74, 6) is -2.78. The van der Waals surface area contributed by atoms with Gasteiger partial charge in [0, 0.05) is 37.3 Å². The fraction of sp³-hybridized carbons (Fsp3) is 0.500. The minimum absolute atomic E-state index is 0.0461. The number of aryl methyl sites for hydroxylation is 1. The number of aromatic nitrogens is 2. The highest BCUT2D eigenvalue weighted by atomic mass is 19.4. The van der Waals surface area contributed by atoms with Crippen LogP contribution in [0.2, 0.25) is 0 Å². The standard InChI is InChI=1S/C24H29F4N5O2/c1-14-30-11-16(12-31-14)19(23(6-7-23)24(26,27)28)10-21(34)32-13-17(33(2)3)8-15-4-5-18(22(29)35)20(25)9-15/h4-5,9,11-12,17,19H,6-8,10,13H2,1-3H3,(H2,29,35)(H,32,34)/t17-,19-/m0/s1. The van der Waals surface area contributed by atoms with Crippen molar-refractivity contribution in [2.45, 2.75) is 50.7 Å². The Balaban J connectivity index is 1.70. The average molecular weight is 496 g/mol. The molecule has 11 heteroatoms. The Morgan fingerprint density at radius 3 is 2.31 bits per heavy atom. The lowest BCUT2D eigenvalue weighted by atomic mass is 9.81. The Kier molecular flexibility index (Phi) is 7.78. The van der Waals surface area contributed by atoms with Crippen molar-refractivity contribution < 1.29 is 27.2 Å². The molecular formula is C24H29F4N5O2. The van der Waals surface area contributed by atoms with Crippen molar-refractivity contribution in [3.63, 3.8) is 0 Å². The van der Waals surface area contributed by atoms with E-state index in [-0.39, 0.29) is 43.0 Å². The van der Waals surface area contributed by atoms with E-state index >= 15 is 0 Å². The van der Waals surface area contributed by atoms with Gasteiger partial charge in [-0.25, -0.2) is 14.4 Å². The normalized spacial score (nSPS) is 16.6. The van der Waals surface area contributed by atoms with Gasteiger partial charge < -0.3 is 16.0 Å². The minimum Gasteiger partial charge on any atom is -0.366 e. The zero-order valence-corrected chi connectivity index (χ0v) is 19.8. The predicted molar refractivity (Wildman–Crippen MR) is 121 cm³/mol. The van der Waals surface area contributed by atoms with Crippen molar-refractivity contribution in [3.05, 3.63) is 58.9 Å². The molecule has 2 atom stereocenters. The number of rotatable bonds is 10. The number of amides is 2. The van der Waals surface area contributed by atoms with Crippen LogP contribution in [-0.2, 0) is 11.2 Å². The molecule has 0 spiro atoms. The molecule has 2 aromatic rings. The van der Waals surface area contributed by atoms with E-state index in [1.165, 1.54) is 24.5 Å². The maximum Gasteiger partial charge on any atom is 0.395 e. The van der Waals surface area contributed by atoms with Gasteiger partial charge in [-0.05, 0) is 63.5 Å². The SMILES string of the molecule is Cc1ncc([C@H](CC(=O)NC[C@H](Cc2ccc(C(N)=O)c(F)c2)N(C)C)C2(C(F)(F)F)CC2)cn1. The molecule has 3 N–H and O–H groups in total. The first-order chi connectivity index (χ1) is 16.3. The number of carbonyl (C=O) groups excluding carboxylic acids is 2. The second-order valence-electron chi connectivity index (χ2n) is 9.28. The molecule has 190 valence electrons. The summed E-state index contributed by atoms with van der Waals surface area (Å²) in [5, 5.41) is 2.73. The molecular weight excluding hydrogens is 466 g/mol. The van der Waals surface area contributed by atoms with Gasteiger partial charge in [0.05, 0.1) is 11.0 Å². The molecule has 0 unspecified atom stereocenters. The predicted octanol–water partition coefficient (Wildman–Crippen LogP) is 3.13. The molecule has 1 aliphatic carbocycles. The molecule has 0 radical (unpaired) electrons. The second kappa shape index (κ2) is 10.3. The average Bonchev–Trinajstić information content (AvgIpc) is 3.57. The molecule has 3 rings (SSSR count). The van der Waals surface area contributed by atoms with Crippen molar-refractivity contribution in [3.8, 4) is 0 Å². The number of nitrogens with zero attached hydrogens (tertiary/aromatic N) is 3. The van der Waals surface area contributed by atoms with Crippen LogP contribution in [0.4, 0.5) is 17.6 Å². The van der Waals surface area contributed by atoms with E-state index in [0.29, 0.717) is 17.8 Å². The van der Waals surface area contributed by atoms with Crippen LogP contribution in [0.15, 0.2) is 30.6 Å². The summed E-state index contributed by atoms with van der Waals surface area (Å²) in [6.45, 7) is 1.78. The maximum atomic E-state index is 14.1. The van der Waals surface area contributed by atoms with Gasteiger partial charge in [-0.3, -0.25) is 9.59 Å². The molecule has 1 aromatic carbocycles. The van der Waals surface area contributed by atoms with E-state index in [4.69, 9.17) is 5.73 Å². The highest BCUT2D eigenvalue weighted by Gasteiger charge is 2.67. The third-order valence-electron chi connectivity index (χ3n) is 6.65. The largest absolute Gasteiger partial charge is 0.395 e. The van der Waals surface area contributed by atoms with E-state index in [2.05, 4.69) is 15.3 Å². The molecule has 0 saturated heterocycles. The van der Waals surface area contributed by atoms with Crippen LogP contribution in [0.3, 0.4) is 0 Å². The molecule has 1 aliphatic rings. The first-order valence-electron chi connectivity index (χ1n) is 11.2. The Morgan fingerprint density at radius 1 is 1.20 bits per heavy atom. The summed E-state index contributed by atoms with van der Waals surface area (Å²) in [7, 11) is 3.56. The molecule has 0 aliphatic heterocycles. The number of hydrogen-bond acceptors (Lipinski definition) is 5. The third kappa shape index (κ3) is 6.14. The van der Waals surface area contributed by atoms with Gasteiger partial charge in [-0.15, -0.1) is 0 Å². The minimum atomic E-state index is -4.45. The van der Waals surface area contributed by atoms with Gasteiger partial charge in [-0.2, -0.15) is 13.2 Å². The van der Waals surface area contributed by atoms with Crippen molar-refractivity contribution in [2.24, 2.45) is 11.1 Å². The van der Waals surface area contributed by atoms with E-state index in [0.717, 1.165) is 0 Å². The van der Waals surface area contributed by atoms with E-state index in [9.17, 15) is 27.2 Å². The number of primary amides is 1. The zero-order valence-electron chi connectivity index (χ0n) is 19.8. The van der Waals surface area contributed by atoms with Gasteiger partial charge in [0.15, 0.2) is 0 Å². The van der Waals surface area contributed by atoms with Crippen LogP contribution < -0.4 is 11.1 Å². The van der Waals surface area contributed by atoms with Gasteiger partial charge in [0.25, 0.3) is 5.91 Å². The Bertz CT molecular complexity index is 1070. The Morgan fingerprint density at radius 2 is 1.83 bits per heavy atom. The summed E-state index contributed by atoms with van der Waals surface area (Å²) in [5.41, 5.74) is 3.84. The first-order valence-corrected chi connectivity index (χ1v) is 11.2. The van der Waals surface area contributed by atoms with Crippen LogP contribution in [-0.4, -0.2) is 59.5 Å². The van der Waals surface area contributed by atoms with Gasteiger partial charge in [-0.1, -0.05) is 6.07 Å². The number of carbonyl (C=O) groups is 2. The molecule has 7 nitrogen and oxygen atoms in total. The Hall–Kier alpha value is -3.08. The molecule has 1 saturated carbocycles. The van der Waals surface area contributed by atoms with E-state index in [1.807, 2.05) is 4.90 Å². The van der Waals surface area contributed by atoms with Crippen molar-refractivity contribution in [2.75, 3.05) is 20.6 Å². The van der Waals surface area contributed by atoms with Gasteiger partial charge >= 0.3 is 6.18 Å². The molecule has 2 amide bonds.